The predicted octanol–water partition coefficient (Wildman–Crippen LogP) is 1.50. The van der Waals surface area contributed by atoms with E-state index >= 15 is 0 Å². The molecule has 2 aliphatic rings. The minimum Gasteiger partial charge on any atom is -0.351 e. The van der Waals surface area contributed by atoms with Crippen LogP contribution in [0.5, 0.6) is 0 Å². The van der Waals surface area contributed by atoms with Crippen molar-refractivity contribution in [1.82, 2.24) is 14.9 Å². The van der Waals surface area contributed by atoms with Crippen LogP contribution in [0.3, 0.4) is 0 Å². The summed E-state index contributed by atoms with van der Waals surface area (Å²) in [6.45, 7) is 4.04. The van der Waals surface area contributed by atoms with Crippen molar-refractivity contribution in [3.8, 4) is 0 Å². The highest BCUT2D eigenvalue weighted by molar-refractivity contribution is 7.91. The van der Waals surface area contributed by atoms with Crippen LogP contribution in [0.2, 0.25) is 0 Å². The molecule has 0 aromatic carbocycles. The highest BCUT2D eigenvalue weighted by Gasteiger charge is 2.40. The van der Waals surface area contributed by atoms with Gasteiger partial charge >= 0.3 is 0 Å². The second-order valence-corrected chi connectivity index (χ2v) is 9.60. The normalized spacial score (nSPS) is 25.2. The molecule has 1 amide bonds. The lowest BCUT2D eigenvalue weighted by molar-refractivity contribution is -0.125. The standard InChI is InChI=1S/C15H23N3O3S2.ClH/c1-11-6-7-14(22-11)23(20,21)18-9-3-5-13(18)15(19)17-12-4-2-8-16-10-12;/h6-7,12-13,16H,2-5,8-10H2,1H3,(H,17,19);1H/t12-,13?;/m0./s1. The number of carbonyl (C=O) groups excluding carboxylic acids is 1. The second-order valence-electron chi connectivity index (χ2n) is 6.19. The summed E-state index contributed by atoms with van der Waals surface area (Å²) in [6, 6.07) is 2.96. The summed E-state index contributed by atoms with van der Waals surface area (Å²) in [4.78, 5) is 13.5. The maximum Gasteiger partial charge on any atom is 0.253 e. The van der Waals surface area contributed by atoms with E-state index in [1.165, 1.54) is 15.6 Å². The summed E-state index contributed by atoms with van der Waals surface area (Å²) in [5.41, 5.74) is 0. The van der Waals surface area contributed by atoms with Gasteiger partial charge in [-0.1, -0.05) is 0 Å². The Balaban J connectivity index is 0.00000208. The largest absolute Gasteiger partial charge is 0.351 e. The number of nitrogens with zero attached hydrogens (tertiary/aromatic N) is 1. The topological polar surface area (TPSA) is 78.5 Å². The SMILES string of the molecule is Cc1ccc(S(=O)(=O)N2CCCC2C(=O)N[C@H]2CCCNC2)s1.Cl. The van der Waals surface area contributed by atoms with Crippen LogP contribution in [0.4, 0.5) is 0 Å². The summed E-state index contributed by atoms with van der Waals surface area (Å²) in [5, 5.41) is 6.27. The molecule has 3 heterocycles. The Morgan fingerprint density at radius 3 is 2.75 bits per heavy atom. The fourth-order valence-electron chi connectivity index (χ4n) is 3.23. The first kappa shape index (κ1) is 19.7. The molecule has 1 aromatic rings. The number of halogens is 1. The lowest BCUT2D eigenvalue weighted by atomic mass is 10.1. The van der Waals surface area contributed by atoms with Crippen molar-refractivity contribution in [1.29, 1.82) is 0 Å². The molecule has 1 aromatic heterocycles. The molecule has 0 bridgehead atoms. The molecule has 0 spiro atoms. The number of hydrogen-bond donors (Lipinski definition) is 2. The molecule has 2 aliphatic heterocycles. The monoisotopic (exact) mass is 393 g/mol. The highest BCUT2D eigenvalue weighted by Crippen LogP contribution is 2.30. The molecule has 2 saturated heterocycles. The van der Waals surface area contributed by atoms with Gasteiger partial charge in [-0.3, -0.25) is 4.79 Å². The number of rotatable bonds is 4. The third-order valence-electron chi connectivity index (χ3n) is 4.43. The molecule has 0 aliphatic carbocycles. The van der Waals surface area contributed by atoms with Gasteiger partial charge in [0.2, 0.25) is 5.91 Å². The van der Waals surface area contributed by atoms with Crippen molar-refractivity contribution in [2.24, 2.45) is 0 Å². The van der Waals surface area contributed by atoms with Gasteiger partial charge in [-0.25, -0.2) is 8.42 Å². The van der Waals surface area contributed by atoms with E-state index < -0.39 is 16.1 Å². The summed E-state index contributed by atoms with van der Waals surface area (Å²) >= 11 is 1.26. The fraction of sp³-hybridized carbons (Fsp3) is 0.667. The van der Waals surface area contributed by atoms with Gasteiger partial charge in [0.1, 0.15) is 10.3 Å². The van der Waals surface area contributed by atoms with Crippen LogP contribution in [0, 0.1) is 6.92 Å². The third kappa shape index (κ3) is 4.11. The Labute approximate surface area is 153 Å². The predicted molar refractivity (Wildman–Crippen MR) is 97.3 cm³/mol. The van der Waals surface area contributed by atoms with E-state index in [4.69, 9.17) is 0 Å². The van der Waals surface area contributed by atoms with Crippen LogP contribution < -0.4 is 10.6 Å². The van der Waals surface area contributed by atoms with Crippen LogP contribution in [0.25, 0.3) is 0 Å². The lowest BCUT2D eigenvalue weighted by Crippen LogP contribution is -2.52. The van der Waals surface area contributed by atoms with Crippen LogP contribution in [-0.2, 0) is 14.8 Å². The molecular formula is C15H24ClN3O3S2. The van der Waals surface area contributed by atoms with Crippen molar-refractivity contribution in [2.75, 3.05) is 19.6 Å². The van der Waals surface area contributed by atoms with Gasteiger partial charge in [0.05, 0.1) is 0 Å². The van der Waals surface area contributed by atoms with E-state index in [0.717, 1.165) is 37.2 Å². The van der Waals surface area contributed by atoms with Crippen molar-refractivity contribution in [2.45, 2.75) is 48.9 Å². The van der Waals surface area contributed by atoms with Gasteiger partial charge in [-0.2, -0.15) is 4.31 Å². The molecule has 2 N–H and O–H groups in total. The summed E-state index contributed by atoms with van der Waals surface area (Å²) < 4.78 is 27.3. The maximum absolute atomic E-state index is 12.8. The van der Waals surface area contributed by atoms with Gasteiger partial charge in [0.25, 0.3) is 10.0 Å². The van der Waals surface area contributed by atoms with Gasteiger partial charge in [0.15, 0.2) is 0 Å². The average molecular weight is 394 g/mol. The molecule has 24 heavy (non-hydrogen) atoms. The molecule has 2 atom stereocenters. The third-order valence-corrected chi connectivity index (χ3v) is 7.80. The van der Waals surface area contributed by atoms with Crippen molar-refractivity contribution >= 4 is 39.7 Å². The minimum absolute atomic E-state index is 0. The summed E-state index contributed by atoms with van der Waals surface area (Å²) in [7, 11) is -3.58. The van der Waals surface area contributed by atoms with Crippen LogP contribution in [0.15, 0.2) is 16.3 Å². The van der Waals surface area contributed by atoms with E-state index in [1.54, 1.807) is 12.1 Å². The first-order chi connectivity index (χ1) is 11.0. The quantitative estimate of drug-likeness (QED) is 0.812. The van der Waals surface area contributed by atoms with E-state index in [9.17, 15) is 13.2 Å². The first-order valence-corrected chi connectivity index (χ1v) is 10.3. The summed E-state index contributed by atoms with van der Waals surface area (Å²) in [6.07, 6.45) is 3.30. The Bertz CT molecular complexity index is 671. The second kappa shape index (κ2) is 8.14. The average Bonchev–Trinajstić information content (AvgIpc) is 3.17. The van der Waals surface area contributed by atoms with E-state index in [1.807, 2.05) is 6.92 Å². The van der Waals surface area contributed by atoms with Crippen LogP contribution >= 0.6 is 23.7 Å². The number of carbonyl (C=O) groups is 1. The number of piperidine rings is 1. The number of aryl methyl sites for hydroxylation is 1. The number of thiophene rings is 1. The number of nitrogens with one attached hydrogen (secondary N) is 2. The van der Waals surface area contributed by atoms with Crippen LogP contribution in [0.1, 0.15) is 30.6 Å². The zero-order chi connectivity index (χ0) is 16.4. The first-order valence-electron chi connectivity index (χ1n) is 8.08. The Morgan fingerprint density at radius 1 is 1.33 bits per heavy atom. The van der Waals surface area contributed by atoms with Crippen LogP contribution in [-0.4, -0.2) is 50.3 Å². The molecule has 1 unspecified atom stereocenters. The number of amides is 1. The molecule has 0 saturated carbocycles. The van der Waals surface area contributed by atoms with Gasteiger partial charge in [0, 0.05) is 24.0 Å². The van der Waals surface area contributed by atoms with Gasteiger partial charge in [-0.15, -0.1) is 23.7 Å². The van der Waals surface area contributed by atoms with E-state index in [0.29, 0.717) is 17.2 Å². The fourth-order valence-corrected chi connectivity index (χ4v) is 6.30. The van der Waals surface area contributed by atoms with E-state index in [2.05, 4.69) is 10.6 Å². The maximum atomic E-state index is 12.8. The molecule has 2 fully saturated rings. The lowest BCUT2D eigenvalue weighted by Gasteiger charge is -2.28. The summed E-state index contributed by atoms with van der Waals surface area (Å²) in [5.74, 6) is -0.159. The zero-order valence-electron chi connectivity index (χ0n) is 13.7. The number of sulfonamides is 1. The molecule has 0 radical (unpaired) electrons. The Hall–Kier alpha value is -0.670. The Kier molecular flexibility index (Phi) is 6.66. The van der Waals surface area contributed by atoms with E-state index in [-0.39, 0.29) is 24.4 Å². The van der Waals surface area contributed by atoms with Crippen molar-refractivity contribution in [3.63, 3.8) is 0 Å². The number of hydrogen-bond acceptors (Lipinski definition) is 5. The molecule has 9 heteroatoms. The zero-order valence-corrected chi connectivity index (χ0v) is 16.1. The molecule has 3 rings (SSSR count). The highest BCUT2D eigenvalue weighted by atomic mass is 35.5. The molecule has 136 valence electrons. The Morgan fingerprint density at radius 2 is 2.12 bits per heavy atom. The smallest absolute Gasteiger partial charge is 0.253 e. The van der Waals surface area contributed by atoms with Gasteiger partial charge in [-0.05, 0) is 51.3 Å². The minimum atomic E-state index is -3.58. The van der Waals surface area contributed by atoms with Gasteiger partial charge < -0.3 is 10.6 Å². The molecular weight excluding hydrogens is 370 g/mol. The van der Waals surface area contributed by atoms with Crippen molar-refractivity contribution < 1.29 is 13.2 Å². The van der Waals surface area contributed by atoms with Crippen molar-refractivity contribution in [3.05, 3.63) is 17.0 Å². The molecule has 6 nitrogen and oxygen atoms in total.